The second kappa shape index (κ2) is 13.3. The first kappa shape index (κ1) is 28.3. The molecular formula is C31H37ClN2O3. The van der Waals surface area contributed by atoms with Crippen LogP contribution < -0.4 is 10.1 Å². The van der Waals surface area contributed by atoms with Crippen molar-refractivity contribution in [2.75, 3.05) is 6.61 Å². The van der Waals surface area contributed by atoms with E-state index in [1.165, 1.54) is 0 Å². The quantitative estimate of drug-likeness (QED) is 0.327. The summed E-state index contributed by atoms with van der Waals surface area (Å²) in [7, 11) is 0. The molecule has 0 aliphatic heterocycles. The Morgan fingerprint density at radius 1 is 0.946 bits per heavy atom. The smallest absolute Gasteiger partial charge is 0.261 e. The monoisotopic (exact) mass is 520 g/mol. The van der Waals surface area contributed by atoms with E-state index in [4.69, 9.17) is 16.3 Å². The molecule has 196 valence electrons. The van der Waals surface area contributed by atoms with Crippen molar-refractivity contribution < 1.29 is 14.3 Å². The zero-order valence-corrected chi connectivity index (χ0v) is 23.1. The van der Waals surface area contributed by atoms with Crippen molar-refractivity contribution in [3.63, 3.8) is 0 Å². The van der Waals surface area contributed by atoms with Crippen LogP contribution in [0.15, 0.2) is 66.7 Å². The van der Waals surface area contributed by atoms with Crippen LogP contribution in [0.4, 0.5) is 0 Å². The van der Waals surface area contributed by atoms with Crippen molar-refractivity contribution in [3.05, 3.63) is 99.6 Å². The Morgan fingerprint density at radius 3 is 2.19 bits per heavy atom. The molecule has 1 N–H and O–H groups in total. The molecule has 0 aromatic heterocycles. The second-order valence-corrected chi connectivity index (χ2v) is 10.0. The highest BCUT2D eigenvalue weighted by atomic mass is 35.5. The van der Waals surface area contributed by atoms with Gasteiger partial charge in [-0.2, -0.15) is 0 Å². The number of carbonyl (C=O) groups is 2. The van der Waals surface area contributed by atoms with Gasteiger partial charge in [0, 0.05) is 24.0 Å². The van der Waals surface area contributed by atoms with Gasteiger partial charge in [-0.1, -0.05) is 73.1 Å². The molecule has 0 fully saturated rings. The van der Waals surface area contributed by atoms with E-state index in [2.05, 4.69) is 5.32 Å². The van der Waals surface area contributed by atoms with Crippen LogP contribution in [0.1, 0.15) is 48.1 Å². The number of aryl methyl sites for hydroxylation is 3. The van der Waals surface area contributed by atoms with Crippen LogP contribution in [0.2, 0.25) is 5.02 Å². The molecule has 0 radical (unpaired) electrons. The molecule has 0 heterocycles. The first-order chi connectivity index (χ1) is 17.7. The molecule has 0 saturated carbocycles. The van der Waals surface area contributed by atoms with E-state index in [0.29, 0.717) is 23.7 Å². The van der Waals surface area contributed by atoms with Gasteiger partial charge in [0.05, 0.1) is 0 Å². The Hall–Kier alpha value is -3.31. The number of amides is 2. The van der Waals surface area contributed by atoms with Gasteiger partial charge < -0.3 is 15.0 Å². The summed E-state index contributed by atoms with van der Waals surface area (Å²) < 4.78 is 5.93. The molecule has 0 aliphatic carbocycles. The van der Waals surface area contributed by atoms with Crippen LogP contribution in [0, 0.1) is 20.8 Å². The predicted molar refractivity (Wildman–Crippen MR) is 150 cm³/mol. The molecule has 2 atom stereocenters. The van der Waals surface area contributed by atoms with E-state index in [-0.39, 0.29) is 24.5 Å². The van der Waals surface area contributed by atoms with Gasteiger partial charge in [-0.15, -0.1) is 0 Å². The molecule has 3 rings (SSSR count). The Balaban J connectivity index is 1.94. The highest BCUT2D eigenvalue weighted by Crippen LogP contribution is 2.26. The van der Waals surface area contributed by atoms with Crippen molar-refractivity contribution in [2.24, 2.45) is 0 Å². The number of rotatable bonds is 11. The lowest BCUT2D eigenvalue weighted by Crippen LogP contribution is -2.53. The highest BCUT2D eigenvalue weighted by molar-refractivity contribution is 6.32. The molecule has 6 heteroatoms. The van der Waals surface area contributed by atoms with E-state index in [0.717, 1.165) is 34.2 Å². The van der Waals surface area contributed by atoms with Crippen molar-refractivity contribution >= 4 is 23.4 Å². The summed E-state index contributed by atoms with van der Waals surface area (Å²) in [4.78, 5) is 29.0. The van der Waals surface area contributed by atoms with Gasteiger partial charge in [0.15, 0.2) is 6.61 Å². The molecule has 0 saturated heterocycles. The topological polar surface area (TPSA) is 58.6 Å². The molecule has 2 amide bonds. The number of carbonyl (C=O) groups excluding carboxylic acids is 2. The summed E-state index contributed by atoms with van der Waals surface area (Å²) >= 11 is 6.30. The lowest BCUT2D eigenvalue weighted by molar-refractivity contribution is -0.143. The van der Waals surface area contributed by atoms with E-state index in [1.807, 2.05) is 101 Å². The summed E-state index contributed by atoms with van der Waals surface area (Å²) in [6.45, 7) is 9.94. The first-order valence-corrected chi connectivity index (χ1v) is 13.1. The van der Waals surface area contributed by atoms with Crippen LogP contribution >= 0.6 is 11.6 Å². The van der Waals surface area contributed by atoms with Crippen LogP contribution in [0.5, 0.6) is 5.75 Å². The van der Waals surface area contributed by atoms with Crippen molar-refractivity contribution in [1.82, 2.24) is 10.2 Å². The zero-order valence-electron chi connectivity index (χ0n) is 22.4. The zero-order chi connectivity index (χ0) is 26.9. The Labute approximate surface area is 225 Å². The molecule has 3 aromatic carbocycles. The van der Waals surface area contributed by atoms with Gasteiger partial charge in [-0.3, -0.25) is 9.59 Å². The lowest BCUT2D eigenvalue weighted by Gasteiger charge is -2.32. The van der Waals surface area contributed by atoms with Crippen LogP contribution in [-0.4, -0.2) is 35.4 Å². The van der Waals surface area contributed by atoms with E-state index >= 15 is 0 Å². The SMILES string of the molecule is CCC(C)NC(=O)C(Cc1ccccc1)N(Cc1ccccc1C)C(=O)COc1cc(C)c(Cl)c(C)c1. The van der Waals surface area contributed by atoms with Gasteiger partial charge in [0.25, 0.3) is 5.91 Å². The predicted octanol–water partition coefficient (Wildman–Crippen LogP) is 6.20. The van der Waals surface area contributed by atoms with Crippen molar-refractivity contribution in [1.29, 1.82) is 0 Å². The van der Waals surface area contributed by atoms with Crippen LogP contribution in [-0.2, 0) is 22.6 Å². The van der Waals surface area contributed by atoms with Gasteiger partial charge in [0.2, 0.25) is 5.91 Å². The summed E-state index contributed by atoms with van der Waals surface area (Å²) in [5.74, 6) is 0.152. The average molecular weight is 521 g/mol. The van der Waals surface area contributed by atoms with Gasteiger partial charge >= 0.3 is 0 Å². The largest absolute Gasteiger partial charge is 0.484 e. The van der Waals surface area contributed by atoms with Crippen LogP contribution in [0.25, 0.3) is 0 Å². The molecule has 2 unspecified atom stereocenters. The van der Waals surface area contributed by atoms with Crippen LogP contribution in [0.3, 0.4) is 0 Å². The molecule has 0 aliphatic rings. The number of benzene rings is 3. The third-order valence-electron chi connectivity index (χ3n) is 6.65. The van der Waals surface area contributed by atoms with Crippen molar-refractivity contribution in [2.45, 2.75) is 66.1 Å². The Morgan fingerprint density at radius 2 is 1.57 bits per heavy atom. The summed E-state index contributed by atoms with van der Waals surface area (Å²) in [6.07, 6.45) is 1.20. The maximum atomic E-state index is 13.8. The van der Waals surface area contributed by atoms with Gasteiger partial charge in [0.1, 0.15) is 11.8 Å². The molecule has 0 bridgehead atoms. The third-order valence-corrected chi connectivity index (χ3v) is 7.24. The first-order valence-electron chi connectivity index (χ1n) is 12.8. The minimum Gasteiger partial charge on any atom is -0.484 e. The molecule has 3 aromatic rings. The molecule has 0 spiro atoms. The van der Waals surface area contributed by atoms with E-state index in [1.54, 1.807) is 4.90 Å². The van der Waals surface area contributed by atoms with Gasteiger partial charge in [-0.25, -0.2) is 0 Å². The summed E-state index contributed by atoms with van der Waals surface area (Å²) in [5, 5.41) is 3.78. The molecular weight excluding hydrogens is 484 g/mol. The Kier molecular flexibility index (Phi) is 10.2. The summed E-state index contributed by atoms with van der Waals surface area (Å²) in [6, 6.07) is 20.7. The van der Waals surface area contributed by atoms with Gasteiger partial charge in [-0.05, 0) is 74.1 Å². The summed E-state index contributed by atoms with van der Waals surface area (Å²) in [5.41, 5.74) is 4.81. The number of ether oxygens (including phenoxy) is 1. The fraction of sp³-hybridized carbons (Fsp3) is 0.355. The fourth-order valence-electron chi connectivity index (χ4n) is 4.18. The van der Waals surface area contributed by atoms with E-state index in [9.17, 15) is 9.59 Å². The number of nitrogens with one attached hydrogen (secondary N) is 1. The third kappa shape index (κ3) is 7.83. The number of hydrogen-bond donors (Lipinski definition) is 1. The maximum Gasteiger partial charge on any atom is 0.261 e. The van der Waals surface area contributed by atoms with E-state index < -0.39 is 6.04 Å². The molecule has 5 nitrogen and oxygen atoms in total. The average Bonchev–Trinajstić information content (AvgIpc) is 2.89. The number of nitrogens with zero attached hydrogens (tertiary/aromatic N) is 1. The minimum atomic E-state index is -0.694. The normalized spacial score (nSPS) is 12.5. The standard InChI is InChI=1S/C31H37ClN2O3/c1-6-24(5)33-31(36)28(18-25-13-8-7-9-14-25)34(19-26-15-11-10-12-21(26)2)29(35)20-37-27-16-22(3)30(32)23(4)17-27/h7-17,24,28H,6,18-20H2,1-5H3,(H,33,36). The fourth-order valence-corrected chi connectivity index (χ4v) is 4.29. The van der Waals surface area contributed by atoms with Crippen molar-refractivity contribution in [3.8, 4) is 5.75 Å². The molecule has 37 heavy (non-hydrogen) atoms. The maximum absolute atomic E-state index is 13.8. The lowest BCUT2D eigenvalue weighted by atomic mass is 10.0. The highest BCUT2D eigenvalue weighted by Gasteiger charge is 2.31. The minimum absolute atomic E-state index is 0.00236. The number of halogens is 1. The Bertz CT molecular complexity index is 1190. The second-order valence-electron chi connectivity index (χ2n) is 9.63. The number of hydrogen-bond acceptors (Lipinski definition) is 3.